The number of halogens is 1. The van der Waals surface area contributed by atoms with Crippen LogP contribution in [0.15, 0.2) is 12.4 Å². The number of hydrogen-bond acceptors (Lipinski definition) is 4. The summed E-state index contributed by atoms with van der Waals surface area (Å²) in [7, 11) is 0. The van der Waals surface area contributed by atoms with Gasteiger partial charge in [0.1, 0.15) is 0 Å². The monoisotopic (exact) mass is 306 g/mol. The van der Waals surface area contributed by atoms with Gasteiger partial charge in [0.2, 0.25) is 11.9 Å². The van der Waals surface area contributed by atoms with E-state index in [0.29, 0.717) is 17.8 Å². The molecule has 2 aliphatic rings. The number of carbonyl (C=O) groups is 1. The first kappa shape index (κ1) is 15.2. The van der Waals surface area contributed by atoms with Gasteiger partial charge in [-0.3, -0.25) is 4.79 Å². The lowest BCUT2D eigenvalue weighted by atomic mass is 9.77. The number of amides is 1. The SMILES string of the molecule is CC(C)CN1CCC2(CCN(c3ncc(F)cn3)CC2)C1=O. The highest BCUT2D eigenvalue weighted by molar-refractivity contribution is 5.85. The van der Waals surface area contributed by atoms with E-state index < -0.39 is 5.82 Å². The lowest BCUT2D eigenvalue weighted by Crippen LogP contribution is -2.45. The van der Waals surface area contributed by atoms with Gasteiger partial charge >= 0.3 is 0 Å². The third-order valence-electron chi connectivity index (χ3n) is 4.80. The minimum Gasteiger partial charge on any atom is -0.342 e. The standard InChI is InChI=1S/C16H23FN4O/c1-12(2)11-21-8-5-16(14(21)22)3-6-20(7-4-16)15-18-9-13(17)10-19-15/h9-10,12H,3-8,11H2,1-2H3. The van der Waals surface area contributed by atoms with E-state index in [2.05, 4.69) is 23.8 Å². The van der Waals surface area contributed by atoms with Crippen molar-refractivity contribution in [1.82, 2.24) is 14.9 Å². The van der Waals surface area contributed by atoms with Crippen LogP contribution in [0.3, 0.4) is 0 Å². The molecule has 2 saturated heterocycles. The van der Waals surface area contributed by atoms with Crippen molar-refractivity contribution < 1.29 is 9.18 Å². The van der Waals surface area contributed by atoms with Gasteiger partial charge in [0, 0.05) is 26.2 Å². The van der Waals surface area contributed by atoms with Crippen LogP contribution in [0.4, 0.5) is 10.3 Å². The van der Waals surface area contributed by atoms with E-state index in [0.717, 1.165) is 45.4 Å². The summed E-state index contributed by atoms with van der Waals surface area (Å²) < 4.78 is 12.9. The van der Waals surface area contributed by atoms with Crippen LogP contribution in [0.2, 0.25) is 0 Å². The summed E-state index contributed by atoms with van der Waals surface area (Å²) >= 11 is 0. The Labute approximate surface area is 130 Å². The molecule has 0 unspecified atom stereocenters. The van der Waals surface area contributed by atoms with Crippen molar-refractivity contribution in [3.05, 3.63) is 18.2 Å². The van der Waals surface area contributed by atoms with Crippen LogP contribution < -0.4 is 4.90 Å². The molecule has 0 bridgehead atoms. The minimum atomic E-state index is -0.424. The van der Waals surface area contributed by atoms with Crippen LogP contribution in [0, 0.1) is 17.2 Å². The largest absolute Gasteiger partial charge is 0.342 e. The molecule has 0 aromatic carbocycles. The second-order valence-corrected chi connectivity index (χ2v) is 6.86. The van der Waals surface area contributed by atoms with Crippen LogP contribution in [-0.2, 0) is 4.79 Å². The first-order valence-electron chi connectivity index (χ1n) is 8.02. The predicted octanol–water partition coefficient (Wildman–Crippen LogP) is 2.09. The van der Waals surface area contributed by atoms with Crippen molar-refractivity contribution >= 4 is 11.9 Å². The van der Waals surface area contributed by atoms with E-state index in [4.69, 9.17) is 0 Å². The number of aromatic nitrogens is 2. The molecule has 0 saturated carbocycles. The van der Waals surface area contributed by atoms with Crippen molar-refractivity contribution in [3.63, 3.8) is 0 Å². The zero-order valence-electron chi connectivity index (χ0n) is 13.3. The van der Waals surface area contributed by atoms with Crippen molar-refractivity contribution in [2.45, 2.75) is 33.1 Å². The number of likely N-dealkylation sites (tertiary alicyclic amines) is 1. The third-order valence-corrected chi connectivity index (χ3v) is 4.80. The quantitative estimate of drug-likeness (QED) is 0.858. The van der Waals surface area contributed by atoms with Gasteiger partial charge < -0.3 is 9.80 Å². The molecular weight excluding hydrogens is 283 g/mol. The normalized spacial score (nSPS) is 21.2. The fourth-order valence-electron chi connectivity index (χ4n) is 3.58. The van der Waals surface area contributed by atoms with E-state index in [9.17, 15) is 9.18 Å². The zero-order chi connectivity index (χ0) is 15.7. The van der Waals surface area contributed by atoms with Gasteiger partial charge in [0.25, 0.3) is 0 Å². The highest BCUT2D eigenvalue weighted by Gasteiger charge is 2.48. The van der Waals surface area contributed by atoms with Crippen molar-refractivity contribution in [3.8, 4) is 0 Å². The predicted molar refractivity (Wildman–Crippen MR) is 81.9 cm³/mol. The van der Waals surface area contributed by atoms with E-state index in [1.165, 1.54) is 12.4 Å². The number of nitrogens with zero attached hydrogens (tertiary/aromatic N) is 4. The topological polar surface area (TPSA) is 49.3 Å². The Bertz CT molecular complexity index is 538. The van der Waals surface area contributed by atoms with Crippen molar-refractivity contribution in [2.24, 2.45) is 11.3 Å². The maximum absolute atomic E-state index is 12.9. The van der Waals surface area contributed by atoms with Crippen LogP contribution >= 0.6 is 0 Å². The molecule has 6 heteroatoms. The summed E-state index contributed by atoms with van der Waals surface area (Å²) in [5.41, 5.74) is -0.189. The summed E-state index contributed by atoms with van der Waals surface area (Å²) in [6.45, 7) is 7.54. The Balaban J connectivity index is 1.64. The van der Waals surface area contributed by atoms with Gasteiger partial charge in [0.05, 0.1) is 17.8 Å². The second kappa shape index (κ2) is 5.82. The number of carbonyl (C=O) groups excluding carboxylic acids is 1. The molecule has 0 N–H and O–H groups in total. The molecule has 1 aromatic rings. The fourth-order valence-corrected chi connectivity index (χ4v) is 3.58. The van der Waals surface area contributed by atoms with Crippen LogP contribution in [-0.4, -0.2) is 47.0 Å². The van der Waals surface area contributed by atoms with Crippen molar-refractivity contribution in [2.75, 3.05) is 31.1 Å². The summed E-state index contributed by atoms with van der Waals surface area (Å²) in [5.74, 6) is 0.959. The molecule has 2 aliphatic heterocycles. The second-order valence-electron chi connectivity index (χ2n) is 6.86. The Morgan fingerprint density at radius 3 is 2.36 bits per heavy atom. The molecule has 1 amide bonds. The van der Waals surface area contributed by atoms with Crippen LogP contribution in [0.5, 0.6) is 0 Å². The lowest BCUT2D eigenvalue weighted by Gasteiger charge is -2.38. The zero-order valence-corrected chi connectivity index (χ0v) is 13.3. The number of hydrogen-bond donors (Lipinski definition) is 0. The summed E-state index contributed by atoms with van der Waals surface area (Å²) in [5, 5.41) is 0. The maximum atomic E-state index is 12.9. The van der Waals surface area contributed by atoms with Gasteiger partial charge in [-0.2, -0.15) is 0 Å². The van der Waals surface area contributed by atoms with Gasteiger partial charge in [0.15, 0.2) is 5.82 Å². The highest BCUT2D eigenvalue weighted by Crippen LogP contribution is 2.42. The molecule has 1 spiro atoms. The highest BCUT2D eigenvalue weighted by atomic mass is 19.1. The van der Waals surface area contributed by atoms with Gasteiger partial charge in [-0.05, 0) is 25.2 Å². The molecule has 22 heavy (non-hydrogen) atoms. The average Bonchev–Trinajstić information content (AvgIpc) is 2.78. The minimum absolute atomic E-state index is 0.189. The molecule has 0 aliphatic carbocycles. The van der Waals surface area contributed by atoms with Gasteiger partial charge in [-0.15, -0.1) is 0 Å². The number of piperidine rings is 1. The molecule has 120 valence electrons. The van der Waals surface area contributed by atoms with Crippen molar-refractivity contribution in [1.29, 1.82) is 0 Å². The summed E-state index contributed by atoms with van der Waals surface area (Å²) in [6.07, 6.45) is 5.01. The molecular formula is C16H23FN4O. The molecule has 0 radical (unpaired) electrons. The maximum Gasteiger partial charge on any atom is 0.229 e. The molecule has 0 atom stereocenters. The lowest BCUT2D eigenvalue weighted by molar-refractivity contribution is -0.137. The summed E-state index contributed by atoms with van der Waals surface area (Å²) in [4.78, 5) is 24.9. The van der Waals surface area contributed by atoms with Crippen LogP contribution in [0.25, 0.3) is 0 Å². The first-order chi connectivity index (χ1) is 10.5. The van der Waals surface area contributed by atoms with Gasteiger partial charge in [-0.25, -0.2) is 14.4 Å². The molecule has 5 nitrogen and oxygen atoms in total. The van der Waals surface area contributed by atoms with Crippen LogP contribution in [0.1, 0.15) is 33.1 Å². The van der Waals surface area contributed by atoms with E-state index in [-0.39, 0.29) is 5.41 Å². The van der Waals surface area contributed by atoms with E-state index >= 15 is 0 Å². The Morgan fingerprint density at radius 1 is 1.18 bits per heavy atom. The Kier molecular flexibility index (Phi) is 4.02. The fraction of sp³-hybridized carbons (Fsp3) is 0.688. The van der Waals surface area contributed by atoms with E-state index in [1.807, 2.05) is 9.80 Å². The average molecular weight is 306 g/mol. The van der Waals surface area contributed by atoms with Gasteiger partial charge in [-0.1, -0.05) is 13.8 Å². The third kappa shape index (κ3) is 2.78. The molecule has 1 aromatic heterocycles. The smallest absolute Gasteiger partial charge is 0.229 e. The Hall–Kier alpha value is -1.72. The summed E-state index contributed by atoms with van der Waals surface area (Å²) in [6, 6.07) is 0. The molecule has 3 rings (SSSR count). The molecule has 3 heterocycles. The number of anilines is 1. The first-order valence-corrected chi connectivity index (χ1v) is 8.02. The molecule has 2 fully saturated rings. The number of rotatable bonds is 3. The van der Waals surface area contributed by atoms with E-state index in [1.54, 1.807) is 0 Å². The Morgan fingerprint density at radius 2 is 1.77 bits per heavy atom.